The summed E-state index contributed by atoms with van der Waals surface area (Å²) in [6.07, 6.45) is -1.01. The van der Waals surface area contributed by atoms with Crippen LogP contribution in [0.3, 0.4) is 0 Å². The predicted molar refractivity (Wildman–Crippen MR) is 96.9 cm³/mol. The van der Waals surface area contributed by atoms with Crippen LogP contribution in [-0.2, 0) is 0 Å². The van der Waals surface area contributed by atoms with E-state index in [0.29, 0.717) is 22.6 Å². The molecule has 0 radical (unpaired) electrons. The molecule has 5 N–H and O–H groups in total. The fourth-order valence-electron chi connectivity index (χ4n) is 2.53. The normalized spacial score (nSPS) is 12.0. The van der Waals surface area contributed by atoms with Crippen LogP contribution in [-0.4, -0.2) is 45.5 Å². The molecule has 0 spiro atoms. The second kappa shape index (κ2) is 7.98. The molecule has 27 heavy (non-hydrogen) atoms. The number of aliphatic hydroxyl groups is 2. The van der Waals surface area contributed by atoms with Gasteiger partial charge in [-0.3, -0.25) is 9.89 Å². The Bertz CT molecular complexity index is 940. The molecule has 0 fully saturated rings. The summed E-state index contributed by atoms with van der Waals surface area (Å²) in [5.74, 6) is -0.386. The Morgan fingerprint density at radius 1 is 1.26 bits per heavy atom. The van der Waals surface area contributed by atoms with Crippen molar-refractivity contribution in [3.8, 4) is 17.0 Å². The lowest BCUT2D eigenvalue weighted by atomic mass is 9.99. The third kappa shape index (κ3) is 4.13. The Balaban J connectivity index is 1.90. The second-order valence-corrected chi connectivity index (χ2v) is 5.87. The highest BCUT2D eigenvalue weighted by Crippen LogP contribution is 2.28. The number of nitrogens with zero attached hydrogens (tertiary/aromatic N) is 1. The number of rotatable bonds is 7. The van der Waals surface area contributed by atoms with Gasteiger partial charge in [0.15, 0.2) is 11.6 Å². The summed E-state index contributed by atoms with van der Waals surface area (Å²) in [5.41, 5.74) is 7.32. The number of halogens is 1. The zero-order valence-corrected chi connectivity index (χ0v) is 14.2. The van der Waals surface area contributed by atoms with Gasteiger partial charge < -0.3 is 20.7 Å². The molecule has 0 aliphatic carbocycles. The number of carbonyl (C=O) groups is 1. The molecule has 0 saturated carbocycles. The Morgan fingerprint density at radius 2 is 2.00 bits per heavy atom. The van der Waals surface area contributed by atoms with E-state index in [1.165, 1.54) is 30.3 Å². The quantitative estimate of drug-likeness (QED) is 0.470. The van der Waals surface area contributed by atoms with Crippen LogP contribution in [0.4, 0.5) is 10.2 Å². The SMILES string of the molecule is Nc1n[nH]c(-c2ccc(F)cc2)c1C(=O)c1cccc(OCC(O)CO)c1. The number of hydrogen-bond donors (Lipinski definition) is 4. The van der Waals surface area contributed by atoms with Crippen LogP contribution in [0.15, 0.2) is 48.5 Å². The van der Waals surface area contributed by atoms with Crippen LogP contribution in [0.25, 0.3) is 11.3 Å². The van der Waals surface area contributed by atoms with E-state index in [0.717, 1.165) is 0 Å². The number of ketones is 1. The third-order valence-electron chi connectivity index (χ3n) is 3.90. The molecule has 1 unspecified atom stereocenters. The number of benzene rings is 2. The van der Waals surface area contributed by atoms with Crippen LogP contribution in [0.2, 0.25) is 0 Å². The first-order valence-electron chi connectivity index (χ1n) is 8.16. The van der Waals surface area contributed by atoms with Crippen LogP contribution < -0.4 is 10.5 Å². The molecule has 1 heterocycles. The minimum Gasteiger partial charge on any atom is -0.491 e. The van der Waals surface area contributed by atoms with Crippen molar-refractivity contribution in [1.29, 1.82) is 0 Å². The first kappa shape index (κ1) is 18.6. The molecule has 1 aromatic heterocycles. The molecule has 3 rings (SSSR count). The summed E-state index contributed by atoms with van der Waals surface area (Å²) < 4.78 is 18.5. The van der Waals surface area contributed by atoms with E-state index in [-0.39, 0.29) is 23.8 Å². The number of hydrogen-bond acceptors (Lipinski definition) is 6. The number of aromatic nitrogens is 2. The van der Waals surface area contributed by atoms with Gasteiger partial charge >= 0.3 is 0 Å². The van der Waals surface area contributed by atoms with Crippen molar-refractivity contribution in [2.24, 2.45) is 0 Å². The van der Waals surface area contributed by atoms with Gasteiger partial charge in [-0.2, -0.15) is 5.10 Å². The molecule has 3 aromatic rings. The van der Waals surface area contributed by atoms with Crippen molar-refractivity contribution in [1.82, 2.24) is 10.2 Å². The van der Waals surface area contributed by atoms with Gasteiger partial charge in [0, 0.05) is 11.1 Å². The van der Waals surface area contributed by atoms with Crippen molar-refractivity contribution in [3.63, 3.8) is 0 Å². The lowest BCUT2D eigenvalue weighted by Crippen LogP contribution is -2.21. The minimum atomic E-state index is -1.01. The largest absolute Gasteiger partial charge is 0.491 e. The summed E-state index contributed by atoms with van der Waals surface area (Å²) in [6.45, 7) is -0.534. The maximum Gasteiger partial charge on any atom is 0.199 e. The number of aromatic amines is 1. The highest BCUT2D eigenvalue weighted by atomic mass is 19.1. The van der Waals surface area contributed by atoms with Crippen molar-refractivity contribution < 1.29 is 24.1 Å². The minimum absolute atomic E-state index is 0.0290. The average molecular weight is 371 g/mol. The monoisotopic (exact) mass is 371 g/mol. The first-order valence-corrected chi connectivity index (χ1v) is 8.16. The molecule has 7 nitrogen and oxygen atoms in total. The molecule has 2 aromatic carbocycles. The van der Waals surface area contributed by atoms with Crippen LogP contribution in [0.5, 0.6) is 5.75 Å². The summed E-state index contributed by atoms with van der Waals surface area (Å²) in [4.78, 5) is 13.0. The van der Waals surface area contributed by atoms with Gasteiger partial charge in [-0.15, -0.1) is 0 Å². The van der Waals surface area contributed by atoms with E-state index in [9.17, 15) is 14.3 Å². The molecule has 0 amide bonds. The fraction of sp³-hybridized carbons (Fsp3) is 0.158. The number of H-pyrrole nitrogens is 1. The zero-order chi connectivity index (χ0) is 19.4. The summed E-state index contributed by atoms with van der Waals surface area (Å²) in [6, 6.07) is 12.0. The maximum atomic E-state index is 13.2. The molecular formula is C19H18FN3O4. The molecule has 1 atom stereocenters. The van der Waals surface area contributed by atoms with Gasteiger partial charge in [-0.1, -0.05) is 12.1 Å². The molecule has 0 bridgehead atoms. The number of nitrogen functional groups attached to an aromatic ring is 1. The van der Waals surface area contributed by atoms with Crippen LogP contribution in [0.1, 0.15) is 15.9 Å². The number of aliphatic hydroxyl groups excluding tert-OH is 2. The van der Waals surface area contributed by atoms with E-state index < -0.39 is 18.5 Å². The van der Waals surface area contributed by atoms with Gasteiger partial charge in [-0.25, -0.2) is 4.39 Å². The lowest BCUT2D eigenvalue weighted by Gasteiger charge is -2.11. The molecule has 0 aliphatic rings. The second-order valence-electron chi connectivity index (χ2n) is 5.87. The van der Waals surface area contributed by atoms with E-state index >= 15 is 0 Å². The third-order valence-corrected chi connectivity index (χ3v) is 3.90. The topological polar surface area (TPSA) is 121 Å². The predicted octanol–water partition coefficient (Wildman–Crippen LogP) is 1.76. The molecular weight excluding hydrogens is 353 g/mol. The van der Waals surface area contributed by atoms with E-state index in [4.69, 9.17) is 15.6 Å². The van der Waals surface area contributed by atoms with Gasteiger partial charge in [0.1, 0.15) is 24.3 Å². The zero-order valence-electron chi connectivity index (χ0n) is 14.2. The maximum absolute atomic E-state index is 13.2. The van der Waals surface area contributed by atoms with E-state index in [1.807, 2.05) is 0 Å². The number of carbonyl (C=O) groups excluding carboxylic acids is 1. The van der Waals surface area contributed by atoms with Crippen LogP contribution in [0, 0.1) is 5.82 Å². The van der Waals surface area contributed by atoms with Crippen molar-refractivity contribution in [2.45, 2.75) is 6.10 Å². The smallest absolute Gasteiger partial charge is 0.199 e. The van der Waals surface area contributed by atoms with Gasteiger partial charge in [0.05, 0.1) is 17.9 Å². The summed E-state index contributed by atoms with van der Waals surface area (Å²) in [7, 11) is 0. The number of nitrogens with two attached hydrogens (primary N) is 1. The van der Waals surface area contributed by atoms with Crippen molar-refractivity contribution in [2.75, 3.05) is 18.9 Å². The van der Waals surface area contributed by atoms with E-state index in [1.54, 1.807) is 18.2 Å². The Labute approximate surface area is 154 Å². The highest BCUT2D eigenvalue weighted by molar-refractivity contribution is 6.15. The molecule has 140 valence electrons. The molecule has 0 aliphatic heterocycles. The van der Waals surface area contributed by atoms with Crippen molar-refractivity contribution in [3.05, 3.63) is 65.5 Å². The Hall–Kier alpha value is -3.23. The Morgan fingerprint density at radius 3 is 2.70 bits per heavy atom. The number of anilines is 1. The van der Waals surface area contributed by atoms with Gasteiger partial charge in [0.25, 0.3) is 0 Å². The lowest BCUT2D eigenvalue weighted by molar-refractivity contribution is 0.0536. The molecule has 0 saturated heterocycles. The number of nitrogens with one attached hydrogen (secondary N) is 1. The van der Waals surface area contributed by atoms with E-state index in [2.05, 4.69) is 10.2 Å². The van der Waals surface area contributed by atoms with Crippen LogP contribution >= 0.6 is 0 Å². The summed E-state index contributed by atoms with van der Waals surface area (Å²) in [5, 5.41) is 24.8. The van der Waals surface area contributed by atoms with Crippen molar-refractivity contribution >= 4 is 11.6 Å². The first-order chi connectivity index (χ1) is 13.0. The summed E-state index contributed by atoms with van der Waals surface area (Å²) >= 11 is 0. The number of ether oxygens (including phenoxy) is 1. The molecule has 8 heteroatoms. The van der Waals surface area contributed by atoms with Gasteiger partial charge in [-0.05, 0) is 36.4 Å². The fourth-order valence-corrected chi connectivity index (χ4v) is 2.53. The van der Waals surface area contributed by atoms with Gasteiger partial charge in [0.2, 0.25) is 0 Å². The standard InChI is InChI=1S/C19H18FN3O4/c20-13-6-4-11(5-7-13)17-16(19(21)23-22-17)18(26)12-2-1-3-15(8-12)27-10-14(25)9-24/h1-8,14,24-25H,9-10H2,(H3,21,22,23). The Kier molecular flexibility index (Phi) is 5.49. The average Bonchev–Trinajstić information content (AvgIpc) is 3.07. The highest BCUT2D eigenvalue weighted by Gasteiger charge is 2.22.